The third-order valence-electron chi connectivity index (χ3n) is 2.62. The minimum atomic E-state index is 0.628. The van der Waals surface area contributed by atoms with Crippen molar-refractivity contribution >= 4 is 11.6 Å². The highest BCUT2D eigenvalue weighted by molar-refractivity contribution is 6.17. The van der Waals surface area contributed by atoms with Crippen molar-refractivity contribution in [2.45, 2.75) is 26.2 Å². The Morgan fingerprint density at radius 2 is 2.29 bits per heavy atom. The van der Waals surface area contributed by atoms with Crippen molar-refractivity contribution in [1.82, 2.24) is 14.8 Å². The molecule has 0 atom stereocenters. The van der Waals surface area contributed by atoms with Crippen LogP contribution in [0.25, 0.3) is 11.5 Å². The lowest BCUT2D eigenvalue weighted by Gasteiger charge is -1.95. The smallest absolute Gasteiger partial charge is 0.195 e. The summed E-state index contributed by atoms with van der Waals surface area (Å²) >= 11 is 5.64. The molecule has 0 saturated heterocycles. The fraction of sp³-hybridized carbons (Fsp3) is 0.500. The Labute approximate surface area is 106 Å². The van der Waals surface area contributed by atoms with Crippen LogP contribution in [0.1, 0.15) is 24.9 Å². The van der Waals surface area contributed by atoms with Crippen LogP contribution in [0.2, 0.25) is 0 Å². The van der Waals surface area contributed by atoms with Crippen LogP contribution >= 0.6 is 11.6 Å². The second kappa shape index (κ2) is 5.36. The molecule has 2 heterocycles. The Bertz CT molecular complexity index is 490. The highest BCUT2D eigenvalue weighted by atomic mass is 35.5. The van der Waals surface area contributed by atoms with Gasteiger partial charge in [0.15, 0.2) is 11.7 Å². The van der Waals surface area contributed by atoms with E-state index in [1.165, 1.54) is 0 Å². The van der Waals surface area contributed by atoms with E-state index in [9.17, 15) is 0 Å². The van der Waals surface area contributed by atoms with Gasteiger partial charge in [-0.2, -0.15) is 5.10 Å². The maximum atomic E-state index is 5.68. The van der Waals surface area contributed by atoms with Gasteiger partial charge in [-0.05, 0) is 18.9 Å². The van der Waals surface area contributed by atoms with Crippen molar-refractivity contribution in [1.29, 1.82) is 0 Å². The van der Waals surface area contributed by atoms with Crippen LogP contribution in [0.4, 0.5) is 0 Å². The van der Waals surface area contributed by atoms with Gasteiger partial charge in [0.2, 0.25) is 0 Å². The number of alkyl halides is 1. The van der Waals surface area contributed by atoms with Gasteiger partial charge < -0.3 is 4.42 Å². The molecular weight excluding hydrogens is 238 g/mol. The number of oxazole rings is 1. The minimum Gasteiger partial charge on any atom is -0.439 e. The van der Waals surface area contributed by atoms with E-state index >= 15 is 0 Å². The summed E-state index contributed by atoms with van der Waals surface area (Å²) in [6, 6.07) is 2.03. The third-order valence-corrected chi connectivity index (χ3v) is 2.89. The van der Waals surface area contributed by atoms with Crippen LogP contribution in [0, 0.1) is 0 Å². The summed E-state index contributed by atoms with van der Waals surface area (Å²) in [5.74, 6) is 2.13. The second-order valence-corrected chi connectivity index (χ2v) is 4.29. The van der Waals surface area contributed by atoms with E-state index in [0.717, 1.165) is 42.3 Å². The second-order valence-electron chi connectivity index (χ2n) is 3.91. The number of aromatic nitrogens is 3. The van der Waals surface area contributed by atoms with E-state index < -0.39 is 0 Å². The number of halogens is 1. The summed E-state index contributed by atoms with van der Waals surface area (Å²) < 4.78 is 7.50. The molecule has 92 valence electrons. The largest absolute Gasteiger partial charge is 0.439 e. The van der Waals surface area contributed by atoms with Crippen LogP contribution < -0.4 is 0 Å². The summed E-state index contributed by atoms with van der Waals surface area (Å²) in [7, 11) is 1.91. The van der Waals surface area contributed by atoms with Crippen LogP contribution in [-0.2, 0) is 19.9 Å². The number of aryl methyl sites for hydroxylation is 3. The molecule has 2 aromatic rings. The normalized spacial score (nSPS) is 11.0. The van der Waals surface area contributed by atoms with Crippen molar-refractivity contribution in [3.63, 3.8) is 0 Å². The summed E-state index contributed by atoms with van der Waals surface area (Å²) in [6.07, 6.45) is 4.33. The molecule has 4 nitrogen and oxygen atoms in total. The molecular formula is C12H16ClN3O. The first-order valence-electron chi connectivity index (χ1n) is 5.78. The van der Waals surface area contributed by atoms with E-state index in [4.69, 9.17) is 16.0 Å². The molecule has 2 rings (SSSR count). The van der Waals surface area contributed by atoms with Crippen LogP contribution in [0.3, 0.4) is 0 Å². The molecule has 0 unspecified atom stereocenters. The van der Waals surface area contributed by atoms with E-state index in [0.29, 0.717) is 5.88 Å². The third kappa shape index (κ3) is 2.69. The highest BCUT2D eigenvalue weighted by Gasteiger charge is 2.11. The monoisotopic (exact) mass is 253 g/mol. The van der Waals surface area contributed by atoms with Gasteiger partial charge in [-0.15, -0.1) is 11.6 Å². The fourth-order valence-corrected chi connectivity index (χ4v) is 1.83. The summed E-state index contributed by atoms with van der Waals surface area (Å²) in [5.41, 5.74) is 2.02. The van der Waals surface area contributed by atoms with Gasteiger partial charge in [0.05, 0.1) is 11.9 Å². The van der Waals surface area contributed by atoms with Gasteiger partial charge in [-0.3, -0.25) is 4.68 Å². The first-order valence-corrected chi connectivity index (χ1v) is 6.32. The van der Waals surface area contributed by atoms with Gasteiger partial charge >= 0.3 is 0 Å². The van der Waals surface area contributed by atoms with E-state index in [1.54, 1.807) is 6.20 Å². The lowest BCUT2D eigenvalue weighted by molar-refractivity contribution is 0.499. The molecule has 2 aromatic heterocycles. The molecule has 0 saturated carbocycles. The zero-order valence-electron chi connectivity index (χ0n) is 10.1. The standard InChI is InChI=1S/C12H16ClN3O/c1-3-9-7-10(16(2)15-9)11-8-14-12(17-11)5-4-6-13/h7-8H,3-6H2,1-2H3. The Morgan fingerprint density at radius 1 is 1.47 bits per heavy atom. The van der Waals surface area contributed by atoms with Crippen molar-refractivity contribution in [2.75, 3.05) is 5.88 Å². The lowest BCUT2D eigenvalue weighted by Crippen LogP contribution is -1.93. The molecule has 5 heteroatoms. The minimum absolute atomic E-state index is 0.628. The zero-order valence-corrected chi connectivity index (χ0v) is 10.9. The van der Waals surface area contributed by atoms with Gasteiger partial charge in [-0.1, -0.05) is 6.92 Å². The average molecular weight is 254 g/mol. The zero-order chi connectivity index (χ0) is 12.3. The average Bonchev–Trinajstić information content (AvgIpc) is 2.92. The molecule has 0 radical (unpaired) electrons. The molecule has 0 spiro atoms. The van der Waals surface area contributed by atoms with Gasteiger partial charge in [0.25, 0.3) is 0 Å². The molecule has 0 aliphatic carbocycles. The molecule has 0 aromatic carbocycles. The Balaban J connectivity index is 2.20. The van der Waals surface area contributed by atoms with Crippen molar-refractivity contribution in [3.05, 3.63) is 23.8 Å². The van der Waals surface area contributed by atoms with E-state index in [1.807, 2.05) is 17.8 Å². The molecule has 0 aliphatic heterocycles. The quantitative estimate of drug-likeness (QED) is 0.770. The lowest BCUT2D eigenvalue weighted by atomic mass is 10.3. The predicted octanol–water partition coefficient (Wildman–Crippen LogP) is 2.81. The highest BCUT2D eigenvalue weighted by Crippen LogP contribution is 2.21. The van der Waals surface area contributed by atoms with Crippen LogP contribution in [0.15, 0.2) is 16.7 Å². The summed E-state index contributed by atoms with van der Waals surface area (Å²) in [5, 5.41) is 4.38. The Kier molecular flexibility index (Phi) is 3.84. The SMILES string of the molecule is CCc1cc(-c2cnc(CCCCl)o2)n(C)n1. The first kappa shape index (κ1) is 12.2. The molecule has 0 N–H and O–H groups in total. The van der Waals surface area contributed by atoms with Crippen molar-refractivity contribution < 1.29 is 4.42 Å². The number of nitrogens with zero attached hydrogens (tertiary/aromatic N) is 3. The number of hydrogen-bond acceptors (Lipinski definition) is 3. The molecule has 0 bridgehead atoms. The van der Waals surface area contributed by atoms with E-state index in [2.05, 4.69) is 17.0 Å². The first-order chi connectivity index (χ1) is 8.24. The predicted molar refractivity (Wildman–Crippen MR) is 67.1 cm³/mol. The summed E-state index contributed by atoms with van der Waals surface area (Å²) in [6.45, 7) is 2.08. The van der Waals surface area contributed by atoms with Crippen LogP contribution in [-0.4, -0.2) is 20.6 Å². The maximum Gasteiger partial charge on any atom is 0.195 e. The molecule has 0 fully saturated rings. The van der Waals surface area contributed by atoms with E-state index in [-0.39, 0.29) is 0 Å². The van der Waals surface area contributed by atoms with Gasteiger partial charge in [-0.25, -0.2) is 4.98 Å². The Hall–Kier alpha value is -1.29. The topological polar surface area (TPSA) is 43.9 Å². The molecule has 0 amide bonds. The Morgan fingerprint density at radius 3 is 2.94 bits per heavy atom. The number of rotatable bonds is 5. The van der Waals surface area contributed by atoms with Gasteiger partial charge in [0, 0.05) is 19.3 Å². The fourth-order valence-electron chi connectivity index (χ4n) is 1.69. The van der Waals surface area contributed by atoms with Gasteiger partial charge in [0.1, 0.15) is 5.69 Å². The number of hydrogen-bond donors (Lipinski definition) is 0. The molecule has 17 heavy (non-hydrogen) atoms. The maximum absolute atomic E-state index is 5.68. The van der Waals surface area contributed by atoms with Crippen molar-refractivity contribution in [2.24, 2.45) is 7.05 Å². The molecule has 0 aliphatic rings. The van der Waals surface area contributed by atoms with Crippen LogP contribution in [0.5, 0.6) is 0 Å². The van der Waals surface area contributed by atoms with Crippen molar-refractivity contribution in [3.8, 4) is 11.5 Å². The summed E-state index contributed by atoms with van der Waals surface area (Å²) in [4.78, 5) is 4.24.